The third-order valence-corrected chi connectivity index (χ3v) is 6.38. The third kappa shape index (κ3) is 5.91. The van der Waals surface area contributed by atoms with Gasteiger partial charge in [-0.1, -0.05) is 65.8 Å². The van der Waals surface area contributed by atoms with Gasteiger partial charge in [0.25, 0.3) is 0 Å². The largest absolute Gasteiger partial charge is 0.489 e. The molecule has 0 saturated heterocycles. The Morgan fingerprint density at radius 1 is 1.03 bits per heavy atom. The summed E-state index contributed by atoms with van der Waals surface area (Å²) in [7, 11) is 0. The van der Waals surface area contributed by atoms with Crippen LogP contribution in [0.5, 0.6) is 5.75 Å². The number of aryl methyl sites for hydroxylation is 1. The number of thioether (sulfide) groups is 1. The van der Waals surface area contributed by atoms with Crippen LogP contribution in [0.1, 0.15) is 22.2 Å². The molecule has 0 radical (unpaired) electrons. The van der Waals surface area contributed by atoms with Gasteiger partial charge in [-0.3, -0.25) is 14.7 Å². The summed E-state index contributed by atoms with van der Waals surface area (Å²) >= 11 is 7.24. The van der Waals surface area contributed by atoms with Crippen LogP contribution in [-0.4, -0.2) is 26.2 Å². The Labute approximate surface area is 200 Å². The van der Waals surface area contributed by atoms with E-state index < -0.39 is 5.25 Å². The van der Waals surface area contributed by atoms with E-state index in [-0.39, 0.29) is 11.5 Å². The van der Waals surface area contributed by atoms with E-state index >= 15 is 0 Å². The van der Waals surface area contributed by atoms with E-state index in [0.717, 1.165) is 22.6 Å². The Bertz CT molecular complexity index is 1210. The summed E-state index contributed by atoms with van der Waals surface area (Å²) in [6.07, 6.45) is 0. The van der Waals surface area contributed by atoms with Crippen LogP contribution in [0, 0.1) is 17.0 Å². The topological polar surface area (TPSA) is 83.1 Å². The van der Waals surface area contributed by atoms with Crippen molar-refractivity contribution in [2.45, 2.75) is 23.9 Å². The van der Waals surface area contributed by atoms with Gasteiger partial charge < -0.3 is 4.74 Å². The summed E-state index contributed by atoms with van der Waals surface area (Å²) < 4.78 is 7.74. The smallest absolute Gasteiger partial charge is 0.220 e. The van der Waals surface area contributed by atoms with Crippen LogP contribution in [0.3, 0.4) is 0 Å². The Morgan fingerprint density at radius 3 is 2.39 bits per heavy atom. The molecule has 3 aromatic carbocycles. The number of para-hydroxylation sites is 1. The molecule has 1 aromatic heterocycles. The van der Waals surface area contributed by atoms with E-state index in [2.05, 4.69) is 10.2 Å². The third-order valence-electron chi connectivity index (χ3n) is 4.94. The second-order valence-electron chi connectivity index (χ2n) is 7.31. The van der Waals surface area contributed by atoms with Crippen molar-refractivity contribution >= 4 is 23.4 Å². The van der Waals surface area contributed by atoms with Gasteiger partial charge in [0.1, 0.15) is 23.4 Å². The molecule has 0 fully saturated rings. The highest BCUT2D eigenvalue weighted by Crippen LogP contribution is 2.36. The van der Waals surface area contributed by atoms with Crippen LogP contribution in [0.15, 0.2) is 84.0 Å². The Balaban J connectivity index is 1.51. The fourth-order valence-electron chi connectivity index (χ4n) is 3.29. The number of nitrogens with zero attached hydrogens (tertiary/aromatic N) is 4. The first-order valence-corrected chi connectivity index (χ1v) is 11.5. The van der Waals surface area contributed by atoms with Crippen molar-refractivity contribution in [1.82, 2.24) is 14.8 Å². The minimum Gasteiger partial charge on any atom is -0.489 e. The van der Waals surface area contributed by atoms with Crippen LogP contribution in [-0.2, 0) is 6.61 Å². The molecule has 4 rings (SSSR count). The SMILES string of the molecule is Cc1nnc(S[C@H](C[N+](=O)[O-])c2ccc(OCc3ccc(Cl)cc3)cc2)n1-c1ccccc1. The lowest BCUT2D eigenvalue weighted by Crippen LogP contribution is -2.11. The summed E-state index contributed by atoms with van der Waals surface area (Å²) in [5.41, 5.74) is 2.73. The highest BCUT2D eigenvalue weighted by Gasteiger charge is 2.23. The first kappa shape index (κ1) is 22.8. The number of aromatic nitrogens is 3. The number of benzene rings is 3. The molecule has 33 heavy (non-hydrogen) atoms. The molecule has 0 unspecified atom stereocenters. The zero-order chi connectivity index (χ0) is 23.2. The Kier molecular flexibility index (Phi) is 7.26. The highest BCUT2D eigenvalue weighted by atomic mass is 35.5. The van der Waals surface area contributed by atoms with Crippen molar-refractivity contribution in [3.63, 3.8) is 0 Å². The lowest BCUT2D eigenvalue weighted by Gasteiger charge is -2.15. The Morgan fingerprint density at radius 2 is 1.73 bits per heavy atom. The van der Waals surface area contributed by atoms with E-state index in [1.165, 1.54) is 11.8 Å². The molecule has 1 heterocycles. The second-order valence-corrected chi connectivity index (χ2v) is 8.91. The van der Waals surface area contributed by atoms with Crippen LogP contribution < -0.4 is 4.74 Å². The molecule has 0 saturated carbocycles. The molecule has 9 heteroatoms. The van der Waals surface area contributed by atoms with Crippen molar-refractivity contribution in [2.24, 2.45) is 0 Å². The van der Waals surface area contributed by atoms with E-state index in [4.69, 9.17) is 16.3 Å². The molecule has 0 aliphatic carbocycles. The van der Waals surface area contributed by atoms with Crippen molar-refractivity contribution in [1.29, 1.82) is 0 Å². The predicted molar refractivity (Wildman–Crippen MR) is 129 cm³/mol. The second kappa shape index (κ2) is 10.5. The molecule has 1 atom stereocenters. The molecular formula is C24H21ClN4O3S. The summed E-state index contributed by atoms with van der Waals surface area (Å²) in [5, 5.41) is 20.7. The number of hydrogen-bond donors (Lipinski definition) is 0. The maximum Gasteiger partial charge on any atom is 0.220 e. The van der Waals surface area contributed by atoms with Crippen LogP contribution >= 0.6 is 23.4 Å². The van der Waals surface area contributed by atoms with Gasteiger partial charge in [0.15, 0.2) is 5.16 Å². The van der Waals surface area contributed by atoms with Crippen molar-refractivity contribution in [2.75, 3.05) is 6.54 Å². The van der Waals surface area contributed by atoms with Gasteiger partial charge in [0, 0.05) is 15.6 Å². The van der Waals surface area contributed by atoms with Gasteiger partial charge >= 0.3 is 0 Å². The minimum absolute atomic E-state index is 0.240. The molecule has 0 aliphatic rings. The molecule has 0 N–H and O–H groups in total. The lowest BCUT2D eigenvalue weighted by molar-refractivity contribution is -0.479. The average molecular weight is 481 g/mol. The molecule has 0 bridgehead atoms. The number of rotatable bonds is 9. The van der Waals surface area contributed by atoms with Crippen LogP contribution in [0.25, 0.3) is 5.69 Å². The maximum absolute atomic E-state index is 11.4. The fourth-order valence-corrected chi connectivity index (χ4v) is 4.59. The van der Waals surface area contributed by atoms with Crippen molar-refractivity contribution in [3.05, 3.63) is 111 Å². The average Bonchev–Trinajstić information content (AvgIpc) is 3.19. The summed E-state index contributed by atoms with van der Waals surface area (Å²) in [6.45, 7) is 2.03. The van der Waals surface area contributed by atoms with E-state index in [1.807, 2.05) is 90.4 Å². The van der Waals surface area contributed by atoms with Crippen LogP contribution in [0.4, 0.5) is 0 Å². The predicted octanol–water partition coefficient (Wildman–Crippen LogP) is 5.92. The van der Waals surface area contributed by atoms with Gasteiger partial charge in [0.2, 0.25) is 6.54 Å². The number of nitro groups is 1. The van der Waals surface area contributed by atoms with E-state index in [1.54, 1.807) is 0 Å². The number of halogens is 1. The van der Waals surface area contributed by atoms with Gasteiger partial charge in [-0.05, 0) is 54.4 Å². The Hall–Kier alpha value is -3.36. The summed E-state index contributed by atoms with van der Waals surface area (Å²) in [5.74, 6) is 1.40. The molecule has 0 amide bonds. The minimum atomic E-state index is -0.434. The van der Waals surface area contributed by atoms with Gasteiger partial charge in [-0.25, -0.2) is 0 Å². The lowest BCUT2D eigenvalue weighted by atomic mass is 10.1. The number of ether oxygens (including phenoxy) is 1. The zero-order valence-electron chi connectivity index (χ0n) is 17.8. The quantitative estimate of drug-likeness (QED) is 0.168. The van der Waals surface area contributed by atoms with Crippen molar-refractivity contribution in [3.8, 4) is 11.4 Å². The van der Waals surface area contributed by atoms with E-state index in [9.17, 15) is 10.1 Å². The summed E-state index contributed by atoms with van der Waals surface area (Å²) in [4.78, 5) is 11.1. The maximum atomic E-state index is 11.4. The zero-order valence-corrected chi connectivity index (χ0v) is 19.4. The normalized spacial score (nSPS) is 11.8. The first-order valence-electron chi connectivity index (χ1n) is 10.2. The fraction of sp³-hybridized carbons (Fsp3) is 0.167. The first-order chi connectivity index (χ1) is 16.0. The van der Waals surface area contributed by atoms with Gasteiger partial charge in [0.05, 0.1) is 0 Å². The molecule has 0 aliphatic heterocycles. The molecule has 7 nitrogen and oxygen atoms in total. The van der Waals surface area contributed by atoms with Gasteiger partial charge in [-0.15, -0.1) is 10.2 Å². The van der Waals surface area contributed by atoms with E-state index in [0.29, 0.717) is 22.5 Å². The molecule has 0 spiro atoms. The van der Waals surface area contributed by atoms with Crippen molar-refractivity contribution < 1.29 is 9.66 Å². The number of hydrogen-bond acceptors (Lipinski definition) is 6. The monoisotopic (exact) mass is 480 g/mol. The molecule has 4 aromatic rings. The molecular weight excluding hydrogens is 460 g/mol. The van der Waals surface area contributed by atoms with Crippen LogP contribution in [0.2, 0.25) is 5.02 Å². The standard InChI is InChI=1S/C24H21ClN4O3S/c1-17-26-27-24(29(17)21-5-3-2-4-6-21)33-23(15-28(30)31)19-9-13-22(14-10-19)32-16-18-7-11-20(25)12-8-18/h2-14,23H,15-16H2,1H3/t23-/m1/s1. The summed E-state index contributed by atoms with van der Waals surface area (Å²) in [6, 6.07) is 24.5. The van der Waals surface area contributed by atoms with Gasteiger partial charge in [-0.2, -0.15) is 0 Å². The highest BCUT2D eigenvalue weighted by molar-refractivity contribution is 7.99. The molecule has 168 valence electrons.